The van der Waals surface area contributed by atoms with Crippen LogP contribution in [-0.4, -0.2) is 35.4 Å². The van der Waals surface area contributed by atoms with Crippen molar-refractivity contribution in [2.75, 3.05) is 6.61 Å². The molecular weight excluding hydrogens is 322 g/mol. The van der Waals surface area contributed by atoms with Crippen molar-refractivity contribution in [2.45, 2.75) is 59.3 Å². The molecule has 25 heavy (non-hydrogen) atoms. The van der Waals surface area contributed by atoms with E-state index in [1.165, 1.54) is 0 Å². The van der Waals surface area contributed by atoms with Crippen molar-refractivity contribution in [3.8, 4) is 0 Å². The van der Waals surface area contributed by atoms with E-state index in [2.05, 4.69) is 5.32 Å². The van der Waals surface area contributed by atoms with Gasteiger partial charge in [-0.25, -0.2) is 9.59 Å². The summed E-state index contributed by atoms with van der Waals surface area (Å²) in [5, 5.41) is 11.9. The largest absolute Gasteiger partial charge is 0.459 e. The summed E-state index contributed by atoms with van der Waals surface area (Å²) >= 11 is 0. The van der Waals surface area contributed by atoms with E-state index in [-0.39, 0.29) is 13.2 Å². The minimum absolute atomic E-state index is 0.106. The zero-order valence-electron chi connectivity index (χ0n) is 15.7. The Balaban J connectivity index is 2.82. The molecule has 0 saturated heterocycles. The zero-order valence-corrected chi connectivity index (χ0v) is 15.7. The fourth-order valence-electron chi connectivity index (χ4n) is 2.24. The molecule has 1 aromatic rings. The summed E-state index contributed by atoms with van der Waals surface area (Å²) in [6, 6.07) is 8.36. The lowest BCUT2D eigenvalue weighted by Gasteiger charge is -2.33. The highest BCUT2D eigenvalue weighted by atomic mass is 16.6. The van der Waals surface area contributed by atoms with Crippen molar-refractivity contribution < 1.29 is 24.2 Å². The lowest BCUT2D eigenvalue weighted by molar-refractivity contribution is -0.151. The Kier molecular flexibility index (Phi) is 7.42. The molecule has 1 rings (SSSR count). The van der Waals surface area contributed by atoms with Gasteiger partial charge in [-0.05, 0) is 38.2 Å². The van der Waals surface area contributed by atoms with Gasteiger partial charge in [-0.1, -0.05) is 44.2 Å². The van der Waals surface area contributed by atoms with Crippen LogP contribution in [0.4, 0.5) is 4.79 Å². The second kappa shape index (κ2) is 8.85. The molecule has 1 aromatic carbocycles. The molecule has 1 atom stereocenters. The van der Waals surface area contributed by atoms with Gasteiger partial charge in [0.05, 0.1) is 0 Å². The summed E-state index contributed by atoms with van der Waals surface area (Å²) in [6.07, 6.45) is -0.367. The summed E-state index contributed by atoms with van der Waals surface area (Å²) in [4.78, 5) is 24.7. The van der Waals surface area contributed by atoms with Crippen molar-refractivity contribution in [1.29, 1.82) is 0 Å². The minimum Gasteiger partial charge on any atom is -0.459 e. The number of benzene rings is 1. The summed E-state index contributed by atoms with van der Waals surface area (Å²) in [7, 11) is 0. The number of rotatable bonds is 7. The number of esters is 1. The van der Waals surface area contributed by atoms with E-state index in [0.29, 0.717) is 6.42 Å². The SMILES string of the molecule is CC(C)(C)OC(=O)NC(C(=O)OCc1ccccc1)C(C)(C)CCO. The van der Waals surface area contributed by atoms with Crippen LogP contribution in [0.5, 0.6) is 0 Å². The number of hydrogen-bond acceptors (Lipinski definition) is 5. The van der Waals surface area contributed by atoms with Crippen molar-refractivity contribution in [3.63, 3.8) is 0 Å². The number of hydrogen-bond donors (Lipinski definition) is 2. The van der Waals surface area contributed by atoms with Crippen LogP contribution in [0.15, 0.2) is 30.3 Å². The summed E-state index contributed by atoms with van der Waals surface area (Å²) in [5.41, 5.74) is -0.518. The van der Waals surface area contributed by atoms with Crippen molar-refractivity contribution in [2.24, 2.45) is 5.41 Å². The Bertz CT molecular complexity index is 563. The van der Waals surface area contributed by atoms with E-state index in [0.717, 1.165) is 5.56 Å². The van der Waals surface area contributed by atoms with Crippen LogP contribution in [0.25, 0.3) is 0 Å². The first-order valence-electron chi connectivity index (χ1n) is 8.36. The van der Waals surface area contributed by atoms with Gasteiger partial charge in [0.15, 0.2) is 0 Å². The Morgan fingerprint density at radius 3 is 2.24 bits per heavy atom. The molecule has 1 amide bonds. The first-order chi connectivity index (χ1) is 11.5. The third kappa shape index (κ3) is 7.56. The van der Waals surface area contributed by atoms with Gasteiger partial charge in [0, 0.05) is 6.61 Å². The van der Waals surface area contributed by atoms with Crippen LogP contribution in [0, 0.1) is 5.41 Å². The van der Waals surface area contributed by atoms with E-state index in [1.54, 1.807) is 34.6 Å². The number of aliphatic hydroxyl groups excluding tert-OH is 1. The van der Waals surface area contributed by atoms with E-state index < -0.39 is 29.1 Å². The lowest BCUT2D eigenvalue weighted by atomic mass is 9.81. The summed E-state index contributed by atoms with van der Waals surface area (Å²) in [5.74, 6) is -0.562. The van der Waals surface area contributed by atoms with Crippen LogP contribution >= 0.6 is 0 Å². The van der Waals surface area contributed by atoms with Gasteiger partial charge in [-0.2, -0.15) is 0 Å². The maximum Gasteiger partial charge on any atom is 0.408 e. The number of nitrogens with one attached hydrogen (secondary N) is 1. The average Bonchev–Trinajstić information content (AvgIpc) is 2.49. The van der Waals surface area contributed by atoms with Gasteiger partial charge in [0.2, 0.25) is 0 Å². The van der Waals surface area contributed by atoms with Gasteiger partial charge in [-0.15, -0.1) is 0 Å². The van der Waals surface area contributed by atoms with E-state index >= 15 is 0 Å². The highest BCUT2D eigenvalue weighted by molar-refractivity contribution is 5.82. The van der Waals surface area contributed by atoms with Gasteiger partial charge < -0.3 is 19.9 Å². The molecule has 1 unspecified atom stereocenters. The number of amides is 1. The van der Waals surface area contributed by atoms with Crippen LogP contribution in [0.2, 0.25) is 0 Å². The standard InChI is InChI=1S/C19H29NO5/c1-18(2,3)25-17(23)20-15(19(4,5)11-12-21)16(22)24-13-14-9-7-6-8-10-14/h6-10,15,21H,11-13H2,1-5H3,(H,20,23). The number of ether oxygens (including phenoxy) is 2. The molecule has 0 heterocycles. The lowest BCUT2D eigenvalue weighted by Crippen LogP contribution is -2.52. The Labute approximate surface area is 149 Å². The monoisotopic (exact) mass is 351 g/mol. The molecule has 0 saturated carbocycles. The van der Waals surface area contributed by atoms with E-state index in [1.807, 2.05) is 30.3 Å². The molecule has 0 bridgehead atoms. The molecule has 6 heteroatoms. The Morgan fingerprint density at radius 2 is 1.72 bits per heavy atom. The molecule has 140 valence electrons. The predicted molar refractivity (Wildman–Crippen MR) is 94.9 cm³/mol. The molecule has 6 nitrogen and oxygen atoms in total. The second-order valence-corrected chi connectivity index (χ2v) is 7.63. The van der Waals surface area contributed by atoms with Crippen LogP contribution < -0.4 is 5.32 Å². The average molecular weight is 351 g/mol. The first-order valence-corrected chi connectivity index (χ1v) is 8.36. The summed E-state index contributed by atoms with van der Waals surface area (Å²) < 4.78 is 10.6. The smallest absolute Gasteiger partial charge is 0.408 e. The molecule has 0 fully saturated rings. The normalized spacial score (nSPS) is 13.0. The van der Waals surface area contributed by atoms with Crippen molar-refractivity contribution >= 4 is 12.1 Å². The predicted octanol–water partition coefficient (Wildman–Crippen LogP) is 3.03. The first kappa shape index (κ1) is 21.0. The fourth-order valence-corrected chi connectivity index (χ4v) is 2.24. The molecule has 0 aliphatic heterocycles. The fraction of sp³-hybridized carbons (Fsp3) is 0.579. The van der Waals surface area contributed by atoms with Gasteiger partial charge in [0.25, 0.3) is 0 Å². The van der Waals surface area contributed by atoms with Gasteiger partial charge in [0.1, 0.15) is 18.2 Å². The molecule has 0 spiro atoms. The van der Waals surface area contributed by atoms with Crippen molar-refractivity contribution in [3.05, 3.63) is 35.9 Å². The molecule has 0 aromatic heterocycles. The third-order valence-corrected chi connectivity index (χ3v) is 3.66. The molecule has 0 radical (unpaired) electrons. The number of carbonyl (C=O) groups is 2. The molecular formula is C19H29NO5. The Hall–Kier alpha value is -2.08. The minimum atomic E-state index is -0.932. The van der Waals surface area contributed by atoms with E-state index in [9.17, 15) is 14.7 Å². The maximum absolute atomic E-state index is 12.6. The maximum atomic E-state index is 12.6. The quantitative estimate of drug-likeness (QED) is 0.738. The second-order valence-electron chi connectivity index (χ2n) is 7.63. The highest BCUT2D eigenvalue weighted by Crippen LogP contribution is 2.26. The molecule has 2 N–H and O–H groups in total. The van der Waals surface area contributed by atoms with Crippen LogP contribution in [0.3, 0.4) is 0 Å². The third-order valence-electron chi connectivity index (χ3n) is 3.66. The van der Waals surface area contributed by atoms with E-state index in [4.69, 9.17) is 9.47 Å². The number of alkyl carbamates (subject to hydrolysis) is 1. The van der Waals surface area contributed by atoms with Gasteiger partial charge in [-0.3, -0.25) is 0 Å². The van der Waals surface area contributed by atoms with Crippen LogP contribution in [-0.2, 0) is 20.9 Å². The molecule has 0 aliphatic carbocycles. The van der Waals surface area contributed by atoms with Gasteiger partial charge >= 0.3 is 12.1 Å². The molecule has 0 aliphatic rings. The summed E-state index contributed by atoms with van der Waals surface area (Å²) in [6.45, 7) is 8.81. The number of carbonyl (C=O) groups excluding carboxylic acids is 2. The van der Waals surface area contributed by atoms with Crippen molar-refractivity contribution in [1.82, 2.24) is 5.32 Å². The topological polar surface area (TPSA) is 84.9 Å². The number of aliphatic hydroxyl groups is 1. The zero-order chi connectivity index (χ0) is 19.1. The highest BCUT2D eigenvalue weighted by Gasteiger charge is 2.38. The Morgan fingerprint density at radius 1 is 1.12 bits per heavy atom. The van der Waals surface area contributed by atoms with Crippen LogP contribution in [0.1, 0.15) is 46.6 Å².